The number of esters is 1. The molecular formula is C11H17N3O4S2. The zero-order valence-electron chi connectivity index (χ0n) is 11.3. The number of methoxy groups -OCH3 is 1. The Morgan fingerprint density at radius 1 is 1.40 bits per heavy atom. The molecule has 112 valence electrons. The number of nitrogen functional groups attached to an aromatic ring is 1. The van der Waals surface area contributed by atoms with Gasteiger partial charge in [-0.15, -0.1) is 11.3 Å². The number of sulfone groups is 1. The van der Waals surface area contributed by atoms with Gasteiger partial charge in [0.2, 0.25) is 0 Å². The van der Waals surface area contributed by atoms with Gasteiger partial charge >= 0.3 is 5.97 Å². The second-order valence-corrected chi connectivity index (χ2v) is 7.43. The van der Waals surface area contributed by atoms with Gasteiger partial charge in [-0.3, -0.25) is 0 Å². The maximum absolute atomic E-state index is 12.0. The smallest absolute Gasteiger partial charge is 0.350 e. The Bertz CT molecular complexity index is 618. The number of hydrogen-bond acceptors (Lipinski definition) is 8. The first-order chi connectivity index (χ1) is 9.36. The Labute approximate surface area is 121 Å². The SMILES string of the molecule is COC(=O)c1sc(N2CCNCC2)c(S(C)(=O)=O)c1N. The second-order valence-electron chi connectivity index (χ2n) is 4.48. The van der Waals surface area contributed by atoms with Crippen LogP contribution in [0.3, 0.4) is 0 Å². The zero-order valence-corrected chi connectivity index (χ0v) is 12.9. The van der Waals surface area contributed by atoms with E-state index in [9.17, 15) is 13.2 Å². The van der Waals surface area contributed by atoms with Crippen LogP contribution in [0.15, 0.2) is 4.90 Å². The van der Waals surface area contributed by atoms with Gasteiger partial charge in [-0.1, -0.05) is 0 Å². The van der Waals surface area contributed by atoms with Crippen LogP contribution >= 0.6 is 11.3 Å². The Kier molecular flexibility index (Phi) is 4.21. The van der Waals surface area contributed by atoms with E-state index < -0.39 is 15.8 Å². The molecule has 1 aromatic rings. The maximum Gasteiger partial charge on any atom is 0.350 e. The first-order valence-electron chi connectivity index (χ1n) is 6.02. The molecular weight excluding hydrogens is 302 g/mol. The minimum atomic E-state index is -3.52. The van der Waals surface area contributed by atoms with Crippen molar-refractivity contribution in [2.24, 2.45) is 0 Å². The minimum Gasteiger partial charge on any atom is -0.465 e. The Balaban J connectivity index is 2.57. The summed E-state index contributed by atoms with van der Waals surface area (Å²) in [4.78, 5) is 13.8. The van der Waals surface area contributed by atoms with Gasteiger partial charge in [-0.25, -0.2) is 13.2 Å². The summed E-state index contributed by atoms with van der Waals surface area (Å²) in [6.07, 6.45) is 1.10. The van der Waals surface area contributed by atoms with Crippen molar-refractivity contribution < 1.29 is 17.9 Å². The molecule has 0 saturated carbocycles. The van der Waals surface area contributed by atoms with E-state index in [2.05, 4.69) is 10.1 Å². The van der Waals surface area contributed by atoms with Crippen LogP contribution < -0.4 is 16.0 Å². The predicted molar refractivity (Wildman–Crippen MR) is 78.3 cm³/mol. The standard InChI is InChI=1S/C11H17N3O4S2/c1-18-11(15)8-7(12)9(20(2,16)17)10(19-8)14-5-3-13-4-6-14/h13H,3-6,12H2,1-2H3. The lowest BCUT2D eigenvalue weighted by Crippen LogP contribution is -2.43. The highest BCUT2D eigenvalue weighted by Gasteiger charge is 2.30. The number of anilines is 2. The molecule has 0 bridgehead atoms. The van der Waals surface area contributed by atoms with Gasteiger partial charge in [-0.2, -0.15) is 0 Å². The lowest BCUT2D eigenvalue weighted by atomic mass is 10.3. The second kappa shape index (κ2) is 5.58. The Morgan fingerprint density at radius 3 is 2.50 bits per heavy atom. The molecule has 1 fully saturated rings. The highest BCUT2D eigenvalue weighted by Crippen LogP contribution is 2.41. The van der Waals surface area contributed by atoms with Crippen LogP contribution in [0.4, 0.5) is 10.7 Å². The number of nitrogens with one attached hydrogen (secondary N) is 1. The molecule has 1 saturated heterocycles. The number of carbonyl (C=O) groups is 1. The van der Waals surface area contributed by atoms with E-state index in [1.807, 2.05) is 4.90 Å². The number of rotatable bonds is 3. The fraction of sp³-hybridized carbons (Fsp3) is 0.545. The summed E-state index contributed by atoms with van der Waals surface area (Å²) in [6.45, 7) is 2.86. The van der Waals surface area contributed by atoms with Crippen LogP contribution in [0.5, 0.6) is 0 Å². The zero-order chi connectivity index (χ0) is 14.9. The van der Waals surface area contributed by atoms with Crippen molar-refractivity contribution in [2.45, 2.75) is 4.90 Å². The number of ether oxygens (including phenoxy) is 1. The monoisotopic (exact) mass is 319 g/mol. The molecule has 0 atom stereocenters. The molecule has 0 amide bonds. The van der Waals surface area contributed by atoms with Crippen LogP contribution in [0.1, 0.15) is 9.67 Å². The van der Waals surface area contributed by atoms with Crippen molar-refractivity contribution in [3.8, 4) is 0 Å². The summed E-state index contributed by atoms with van der Waals surface area (Å²) in [5, 5.41) is 3.71. The molecule has 1 aliphatic heterocycles. The fourth-order valence-corrected chi connectivity index (χ4v) is 4.77. The van der Waals surface area contributed by atoms with Crippen molar-refractivity contribution >= 4 is 37.8 Å². The predicted octanol–water partition coefficient (Wildman–Crippen LogP) is -0.0700. The Hall–Kier alpha value is -1.32. The molecule has 20 heavy (non-hydrogen) atoms. The topological polar surface area (TPSA) is 102 Å². The summed E-state index contributed by atoms with van der Waals surface area (Å²) in [6, 6.07) is 0. The van der Waals surface area contributed by atoms with Gasteiger partial charge in [0.1, 0.15) is 14.8 Å². The first kappa shape index (κ1) is 15.1. The minimum absolute atomic E-state index is 0.0158. The van der Waals surface area contributed by atoms with Crippen LogP contribution in [-0.2, 0) is 14.6 Å². The van der Waals surface area contributed by atoms with E-state index in [0.717, 1.165) is 30.7 Å². The van der Waals surface area contributed by atoms with Gasteiger partial charge in [0, 0.05) is 32.4 Å². The molecule has 2 heterocycles. The number of carbonyl (C=O) groups excluding carboxylic acids is 1. The largest absolute Gasteiger partial charge is 0.465 e. The molecule has 0 aromatic carbocycles. The van der Waals surface area contributed by atoms with E-state index in [-0.39, 0.29) is 15.5 Å². The molecule has 1 aliphatic rings. The van der Waals surface area contributed by atoms with E-state index >= 15 is 0 Å². The molecule has 0 aliphatic carbocycles. The molecule has 0 spiro atoms. The average Bonchev–Trinajstić information content (AvgIpc) is 2.76. The summed E-state index contributed by atoms with van der Waals surface area (Å²) in [5.41, 5.74) is 5.85. The number of nitrogens with two attached hydrogens (primary N) is 1. The lowest BCUT2D eigenvalue weighted by molar-refractivity contribution is 0.0607. The lowest BCUT2D eigenvalue weighted by Gasteiger charge is -2.28. The van der Waals surface area contributed by atoms with Crippen molar-refractivity contribution in [1.82, 2.24) is 5.32 Å². The summed E-state index contributed by atoms with van der Waals surface area (Å²) < 4.78 is 28.6. The molecule has 3 N–H and O–H groups in total. The third-order valence-corrected chi connectivity index (χ3v) is 5.56. The number of hydrogen-bond donors (Lipinski definition) is 2. The number of piperazine rings is 1. The van der Waals surface area contributed by atoms with Crippen LogP contribution in [-0.4, -0.2) is 53.9 Å². The maximum atomic E-state index is 12.0. The van der Waals surface area contributed by atoms with Crippen molar-refractivity contribution in [2.75, 3.05) is 50.2 Å². The van der Waals surface area contributed by atoms with Gasteiger partial charge in [0.15, 0.2) is 9.84 Å². The summed E-state index contributed by atoms with van der Waals surface area (Å²) in [7, 11) is -2.28. The van der Waals surface area contributed by atoms with E-state index in [1.54, 1.807) is 0 Å². The van der Waals surface area contributed by atoms with E-state index in [1.165, 1.54) is 7.11 Å². The normalized spacial score (nSPS) is 16.2. The number of thiophene rings is 1. The van der Waals surface area contributed by atoms with Crippen LogP contribution in [0.25, 0.3) is 0 Å². The highest BCUT2D eigenvalue weighted by molar-refractivity contribution is 7.91. The van der Waals surface area contributed by atoms with Crippen LogP contribution in [0, 0.1) is 0 Å². The van der Waals surface area contributed by atoms with Crippen molar-refractivity contribution in [3.63, 3.8) is 0 Å². The third-order valence-electron chi connectivity index (χ3n) is 3.03. The van der Waals surface area contributed by atoms with Gasteiger partial charge in [0.25, 0.3) is 0 Å². The molecule has 2 rings (SSSR count). The van der Waals surface area contributed by atoms with Crippen LogP contribution in [0.2, 0.25) is 0 Å². The summed E-state index contributed by atoms with van der Waals surface area (Å²) in [5.74, 6) is -0.612. The molecule has 7 nitrogen and oxygen atoms in total. The number of nitrogens with zero attached hydrogens (tertiary/aromatic N) is 1. The summed E-state index contributed by atoms with van der Waals surface area (Å²) >= 11 is 1.07. The van der Waals surface area contributed by atoms with E-state index in [0.29, 0.717) is 18.1 Å². The quantitative estimate of drug-likeness (QED) is 0.752. The molecule has 0 radical (unpaired) electrons. The highest BCUT2D eigenvalue weighted by atomic mass is 32.2. The average molecular weight is 319 g/mol. The van der Waals surface area contributed by atoms with E-state index in [4.69, 9.17) is 5.73 Å². The first-order valence-corrected chi connectivity index (χ1v) is 8.73. The van der Waals surface area contributed by atoms with Gasteiger partial charge in [-0.05, 0) is 0 Å². The van der Waals surface area contributed by atoms with Crippen molar-refractivity contribution in [1.29, 1.82) is 0 Å². The third kappa shape index (κ3) is 2.74. The molecule has 9 heteroatoms. The fourth-order valence-electron chi connectivity index (χ4n) is 2.10. The Morgan fingerprint density at radius 2 is 2.00 bits per heavy atom. The van der Waals surface area contributed by atoms with Gasteiger partial charge < -0.3 is 20.7 Å². The molecule has 0 unspecified atom stereocenters. The van der Waals surface area contributed by atoms with Crippen molar-refractivity contribution in [3.05, 3.63) is 4.88 Å². The van der Waals surface area contributed by atoms with Gasteiger partial charge in [0.05, 0.1) is 12.8 Å². The molecule has 1 aromatic heterocycles.